The molecule has 0 bridgehead atoms. The van der Waals surface area contributed by atoms with Gasteiger partial charge >= 0.3 is 6.09 Å². The lowest BCUT2D eigenvalue weighted by Gasteiger charge is -2.35. The lowest BCUT2D eigenvalue weighted by atomic mass is 9.77. The molecule has 0 saturated heterocycles. The van der Waals surface area contributed by atoms with E-state index in [1.165, 1.54) is 24.3 Å². The van der Waals surface area contributed by atoms with Crippen molar-refractivity contribution in [3.8, 4) is 0 Å². The van der Waals surface area contributed by atoms with Gasteiger partial charge in [-0.05, 0) is 76.6 Å². The lowest BCUT2D eigenvalue weighted by molar-refractivity contribution is 0.0534. The summed E-state index contributed by atoms with van der Waals surface area (Å²) in [6.07, 6.45) is 2.44. The fraction of sp³-hybridized carbons (Fsp3) is 0.433. The quantitative estimate of drug-likeness (QED) is 0.391. The normalized spacial score (nSPS) is 14.5. The second-order valence-corrected chi connectivity index (χ2v) is 11.0. The van der Waals surface area contributed by atoms with Gasteiger partial charge in [0.1, 0.15) is 17.2 Å². The van der Waals surface area contributed by atoms with Crippen LogP contribution in [0.1, 0.15) is 81.0 Å². The highest BCUT2D eigenvalue weighted by atomic mass is 19.1. The van der Waals surface area contributed by atoms with Gasteiger partial charge in [-0.2, -0.15) is 0 Å². The molecule has 39 heavy (non-hydrogen) atoms. The van der Waals surface area contributed by atoms with Gasteiger partial charge in [0, 0.05) is 11.9 Å². The van der Waals surface area contributed by atoms with Crippen LogP contribution in [0.4, 0.5) is 13.6 Å². The van der Waals surface area contributed by atoms with Crippen LogP contribution in [-0.4, -0.2) is 28.8 Å². The van der Waals surface area contributed by atoms with Crippen LogP contribution >= 0.6 is 0 Å². The Morgan fingerprint density at radius 3 is 2.44 bits per heavy atom. The molecule has 0 aliphatic heterocycles. The third kappa shape index (κ3) is 5.82. The van der Waals surface area contributed by atoms with Gasteiger partial charge in [0.25, 0.3) is 11.5 Å². The third-order valence-corrected chi connectivity index (χ3v) is 6.99. The molecule has 7 nitrogen and oxygen atoms in total. The van der Waals surface area contributed by atoms with Gasteiger partial charge in [0.2, 0.25) is 0 Å². The molecule has 1 aromatic heterocycles. The molecule has 2 amide bonds. The predicted molar refractivity (Wildman–Crippen MR) is 146 cm³/mol. The summed E-state index contributed by atoms with van der Waals surface area (Å²) in [4.78, 5) is 40.8. The lowest BCUT2D eigenvalue weighted by Crippen LogP contribution is -2.50. The van der Waals surface area contributed by atoms with Gasteiger partial charge in [-0.1, -0.05) is 37.6 Å². The van der Waals surface area contributed by atoms with E-state index >= 15 is 4.39 Å². The Bertz CT molecular complexity index is 1460. The van der Waals surface area contributed by atoms with Crippen molar-refractivity contribution in [3.05, 3.63) is 81.3 Å². The highest BCUT2D eigenvalue weighted by molar-refractivity contribution is 6.08. The zero-order valence-electron chi connectivity index (χ0n) is 23.0. The number of benzene rings is 2. The summed E-state index contributed by atoms with van der Waals surface area (Å²) in [5.41, 5.74) is -0.742. The van der Waals surface area contributed by atoms with Gasteiger partial charge < -0.3 is 10.1 Å². The minimum absolute atomic E-state index is 0.0643. The number of carbonyl (C=O) groups excluding carboxylic acids is 2. The summed E-state index contributed by atoms with van der Waals surface area (Å²) < 4.78 is 35.9. The summed E-state index contributed by atoms with van der Waals surface area (Å²) in [5.74, 6) is -1.64. The van der Waals surface area contributed by atoms with E-state index < -0.39 is 40.8 Å². The molecule has 1 N–H and O–H groups in total. The van der Waals surface area contributed by atoms with Gasteiger partial charge in [0.15, 0.2) is 0 Å². The van der Waals surface area contributed by atoms with E-state index in [1.54, 1.807) is 39.8 Å². The zero-order valence-corrected chi connectivity index (χ0v) is 23.0. The van der Waals surface area contributed by atoms with Crippen LogP contribution in [0.3, 0.4) is 0 Å². The molecular formula is C30H35F2N3O4. The molecule has 0 spiro atoms. The number of nitrogens with zero attached hydrogens (tertiary/aromatic N) is 2. The van der Waals surface area contributed by atoms with Gasteiger partial charge in [-0.25, -0.2) is 23.3 Å². The average Bonchev–Trinajstić information content (AvgIpc) is 2.80. The monoisotopic (exact) mass is 539 g/mol. The maximum absolute atomic E-state index is 15.2. The highest BCUT2D eigenvalue weighted by Gasteiger charge is 2.33. The van der Waals surface area contributed by atoms with E-state index in [1.807, 2.05) is 6.92 Å². The van der Waals surface area contributed by atoms with Crippen molar-refractivity contribution < 1.29 is 23.1 Å². The van der Waals surface area contributed by atoms with Crippen molar-refractivity contribution in [3.63, 3.8) is 0 Å². The predicted octanol–water partition coefficient (Wildman–Crippen LogP) is 6.14. The molecule has 9 heteroatoms. The molecule has 1 saturated carbocycles. The second-order valence-electron chi connectivity index (χ2n) is 11.0. The summed E-state index contributed by atoms with van der Waals surface area (Å²) in [6, 6.07) is 9.75. The highest BCUT2D eigenvalue weighted by Crippen LogP contribution is 2.38. The Labute approximate surface area is 226 Å². The van der Waals surface area contributed by atoms with Crippen molar-refractivity contribution >= 4 is 22.8 Å². The van der Waals surface area contributed by atoms with Crippen LogP contribution in [0.5, 0.6) is 0 Å². The van der Waals surface area contributed by atoms with E-state index in [4.69, 9.17) is 4.74 Å². The van der Waals surface area contributed by atoms with Crippen LogP contribution in [0.2, 0.25) is 0 Å². The molecule has 0 radical (unpaired) electrons. The van der Waals surface area contributed by atoms with Crippen LogP contribution in [0.15, 0.2) is 47.3 Å². The van der Waals surface area contributed by atoms with Gasteiger partial charge in [-0.15, -0.1) is 0 Å². The van der Waals surface area contributed by atoms with Crippen molar-refractivity contribution in [2.45, 2.75) is 71.9 Å². The van der Waals surface area contributed by atoms with E-state index in [0.717, 1.165) is 35.0 Å². The fourth-order valence-electron chi connectivity index (χ4n) is 5.05. The molecular weight excluding hydrogens is 504 g/mol. The number of aromatic nitrogens is 1. The SMILES string of the molecule is CCCN(C(=O)OC(C)(C)C)n1c(C)c(C(=O)N[C@H](c2cccc(F)c2)C2CCC2)c2cccc(F)c2c1=O. The van der Waals surface area contributed by atoms with E-state index in [9.17, 15) is 18.8 Å². The Morgan fingerprint density at radius 1 is 1.15 bits per heavy atom. The number of hydrogen-bond donors (Lipinski definition) is 1. The number of nitrogens with one attached hydrogen (secondary N) is 1. The molecule has 2 aromatic carbocycles. The Kier molecular flexibility index (Phi) is 8.09. The maximum atomic E-state index is 15.2. The van der Waals surface area contributed by atoms with E-state index in [2.05, 4.69) is 5.32 Å². The Morgan fingerprint density at radius 2 is 1.85 bits per heavy atom. The largest absolute Gasteiger partial charge is 0.442 e. The van der Waals surface area contributed by atoms with Crippen molar-refractivity contribution in [2.75, 3.05) is 11.6 Å². The maximum Gasteiger partial charge on any atom is 0.429 e. The molecule has 1 aliphatic rings. The second kappa shape index (κ2) is 11.2. The summed E-state index contributed by atoms with van der Waals surface area (Å²) >= 11 is 0. The van der Waals surface area contributed by atoms with Crippen molar-refractivity contribution in [2.24, 2.45) is 5.92 Å². The average molecular weight is 540 g/mol. The number of rotatable bonds is 7. The number of pyridine rings is 1. The standard InChI is InChI=1S/C30H35F2N3O4/c1-6-16-34(29(38)39-30(3,4)5)35-18(2)24(22-14-9-15-23(32)25(22)28(35)37)27(36)33-26(19-10-7-11-19)20-12-8-13-21(31)17-20/h8-9,12-15,17,19,26H,6-7,10-11,16H2,1-5H3,(H,33,36)/t26-/m0/s1. The molecule has 1 fully saturated rings. The van der Waals surface area contributed by atoms with E-state index in [-0.39, 0.29) is 34.5 Å². The number of halogens is 2. The zero-order chi connectivity index (χ0) is 28.5. The van der Waals surface area contributed by atoms with Crippen molar-refractivity contribution in [1.29, 1.82) is 0 Å². The Hall–Kier alpha value is -3.75. The van der Waals surface area contributed by atoms with Crippen LogP contribution in [0, 0.1) is 24.5 Å². The number of hydrogen-bond acceptors (Lipinski definition) is 4. The van der Waals surface area contributed by atoms with Crippen LogP contribution < -0.4 is 15.9 Å². The van der Waals surface area contributed by atoms with Crippen LogP contribution in [0.25, 0.3) is 10.8 Å². The number of amides is 2. The molecule has 0 unspecified atom stereocenters. The Balaban J connectivity index is 1.88. The number of carbonyl (C=O) groups is 2. The molecule has 208 valence electrons. The molecule has 3 aromatic rings. The van der Waals surface area contributed by atoms with Gasteiger partial charge in [0.05, 0.1) is 22.7 Å². The molecule has 4 rings (SSSR count). The first kappa shape index (κ1) is 28.3. The fourth-order valence-corrected chi connectivity index (χ4v) is 5.05. The smallest absolute Gasteiger partial charge is 0.429 e. The first-order valence-electron chi connectivity index (χ1n) is 13.3. The third-order valence-electron chi connectivity index (χ3n) is 6.99. The van der Waals surface area contributed by atoms with E-state index in [0.29, 0.717) is 12.0 Å². The molecule has 1 heterocycles. The van der Waals surface area contributed by atoms with Crippen molar-refractivity contribution in [1.82, 2.24) is 9.99 Å². The summed E-state index contributed by atoms with van der Waals surface area (Å²) in [5, 5.41) is 3.99. The molecule has 1 aliphatic carbocycles. The van der Waals surface area contributed by atoms with Gasteiger partial charge in [-0.3, -0.25) is 9.59 Å². The molecule has 1 atom stereocenters. The van der Waals surface area contributed by atoms with Crippen LogP contribution in [-0.2, 0) is 4.74 Å². The number of ether oxygens (including phenoxy) is 1. The minimum Gasteiger partial charge on any atom is -0.442 e. The number of fused-ring (bicyclic) bond motifs is 1. The summed E-state index contributed by atoms with van der Waals surface area (Å²) in [6.45, 7) is 8.60. The first-order valence-corrected chi connectivity index (χ1v) is 13.3. The topological polar surface area (TPSA) is 80.6 Å². The summed E-state index contributed by atoms with van der Waals surface area (Å²) in [7, 11) is 0. The first-order chi connectivity index (χ1) is 18.4. The minimum atomic E-state index is -0.843.